The lowest BCUT2D eigenvalue weighted by Crippen LogP contribution is -2.50. The normalized spacial score (nSPS) is 21.4. The summed E-state index contributed by atoms with van der Waals surface area (Å²) in [5.74, 6) is 0.918. The summed E-state index contributed by atoms with van der Waals surface area (Å²) in [5.41, 5.74) is 0.545. The van der Waals surface area contributed by atoms with Gasteiger partial charge in [0.2, 0.25) is 0 Å². The van der Waals surface area contributed by atoms with Crippen molar-refractivity contribution in [2.45, 2.75) is 18.7 Å². The van der Waals surface area contributed by atoms with E-state index in [1.54, 1.807) is 4.90 Å². The van der Waals surface area contributed by atoms with Crippen LogP contribution in [0.3, 0.4) is 0 Å². The first-order chi connectivity index (χ1) is 16.3. The predicted octanol–water partition coefficient (Wildman–Crippen LogP) is 4.29. The van der Waals surface area contributed by atoms with Crippen molar-refractivity contribution in [3.8, 4) is 17.2 Å². The molecule has 0 bridgehead atoms. The second-order valence-electron chi connectivity index (χ2n) is 7.80. The zero-order valence-corrected chi connectivity index (χ0v) is 16.9. The SMILES string of the molecule is O=[N+]([O-])c1ccc2c(c1)[C@H]1Oc3ccc([N+](=O)[O-])cc3[C@H]3Oc4ccc([N+](=O)[O-])cc4[C@@H](O2)N13. The molecule has 34 heavy (non-hydrogen) atoms. The van der Waals surface area contributed by atoms with Gasteiger partial charge in [-0.25, -0.2) is 0 Å². The topological polar surface area (TPSA) is 160 Å². The fourth-order valence-electron chi connectivity index (χ4n) is 4.43. The number of hydrogen-bond acceptors (Lipinski definition) is 10. The highest BCUT2D eigenvalue weighted by atomic mass is 16.6. The summed E-state index contributed by atoms with van der Waals surface area (Å²) < 4.78 is 18.4. The summed E-state index contributed by atoms with van der Waals surface area (Å²) >= 11 is 0. The molecule has 0 aliphatic carbocycles. The van der Waals surface area contributed by atoms with E-state index in [0.717, 1.165) is 0 Å². The predicted molar refractivity (Wildman–Crippen MR) is 111 cm³/mol. The maximum atomic E-state index is 11.4. The third-order valence-corrected chi connectivity index (χ3v) is 5.94. The smallest absolute Gasteiger partial charge is 0.270 e. The Labute approximate surface area is 189 Å². The van der Waals surface area contributed by atoms with Crippen molar-refractivity contribution in [1.82, 2.24) is 4.90 Å². The van der Waals surface area contributed by atoms with E-state index in [-0.39, 0.29) is 17.1 Å². The minimum absolute atomic E-state index is 0.176. The maximum Gasteiger partial charge on any atom is 0.270 e. The van der Waals surface area contributed by atoms with Crippen LogP contribution in [-0.4, -0.2) is 19.7 Å². The molecule has 0 saturated heterocycles. The molecule has 3 aromatic carbocycles. The van der Waals surface area contributed by atoms with Gasteiger partial charge in [0.25, 0.3) is 17.1 Å². The van der Waals surface area contributed by atoms with Crippen LogP contribution in [-0.2, 0) is 0 Å². The van der Waals surface area contributed by atoms with Gasteiger partial charge >= 0.3 is 0 Å². The van der Waals surface area contributed by atoms with Crippen molar-refractivity contribution in [3.05, 3.63) is 102 Å². The van der Waals surface area contributed by atoms with E-state index in [9.17, 15) is 30.3 Å². The molecule has 0 N–H and O–H groups in total. The van der Waals surface area contributed by atoms with Crippen LogP contribution in [0.5, 0.6) is 17.2 Å². The number of benzene rings is 3. The number of ether oxygens (including phenoxy) is 3. The Kier molecular flexibility index (Phi) is 4.01. The van der Waals surface area contributed by atoms with Crippen LogP contribution in [0.4, 0.5) is 17.1 Å². The molecule has 0 radical (unpaired) electrons. The number of non-ortho nitro benzene ring substituents is 3. The molecule has 3 atom stereocenters. The van der Waals surface area contributed by atoms with Gasteiger partial charge in [0.15, 0.2) is 18.7 Å². The average molecular weight is 464 g/mol. The van der Waals surface area contributed by atoms with E-state index >= 15 is 0 Å². The highest BCUT2D eigenvalue weighted by molar-refractivity contribution is 5.54. The van der Waals surface area contributed by atoms with Crippen LogP contribution in [0.15, 0.2) is 54.6 Å². The van der Waals surface area contributed by atoms with Crippen LogP contribution in [0.2, 0.25) is 0 Å². The monoisotopic (exact) mass is 464 g/mol. The molecule has 170 valence electrons. The van der Waals surface area contributed by atoms with E-state index in [2.05, 4.69) is 0 Å². The summed E-state index contributed by atoms with van der Waals surface area (Å²) in [5, 5.41) is 34.1. The summed E-state index contributed by atoms with van der Waals surface area (Å²) in [7, 11) is 0. The Hall–Kier alpha value is -4.78. The van der Waals surface area contributed by atoms with Crippen LogP contribution in [0.1, 0.15) is 35.4 Å². The van der Waals surface area contributed by atoms with E-state index in [1.165, 1.54) is 54.6 Å². The second kappa shape index (κ2) is 6.86. The third-order valence-electron chi connectivity index (χ3n) is 5.94. The van der Waals surface area contributed by atoms with E-state index in [1.807, 2.05) is 0 Å². The van der Waals surface area contributed by atoms with Crippen LogP contribution < -0.4 is 14.2 Å². The molecule has 3 heterocycles. The van der Waals surface area contributed by atoms with E-state index < -0.39 is 33.5 Å². The molecule has 3 aliphatic heterocycles. The number of fused-ring (bicyclic) bond motifs is 6. The minimum atomic E-state index is -0.917. The summed E-state index contributed by atoms with van der Waals surface area (Å²) in [4.78, 5) is 34.1. The molecule has 0 amide bonds. The molecule has 0 spiro atoms. The molecule has 0 saturated carbocycles. The first-order valence-corrected chi connectivity index (χ1v) is 9.94. The van der Waals surface area contributed by atoms with Gasteiger partial charge in [0.05, 0.1) is 31.5 Å². The molecule has 0 aromatic heterocycles. The van der Waals surface area contributed by atoms with Crippen molar-refractivity contribution in [1.29, 1.82) is 0 Å². The lowest BCUT2D eigenvalue weighted by molar-refractivity contribution is -0.385. The number of nitro groups is 3. The maximum absolute atomic E-state index is 11.4. The molecule has 3 aliphatic rings. The van der Waals surface area contributed by atoms with Crippen LogP contribution in [0.25, 0.3) is 0 Å². The number of rotatable bonds is 3. The fourth-order valence-corrected chi connectivity index (χ4v) is 4.43. The summed E-state index contributed by atoms with van der Waals surface area (Å²) in [6.07, 6.45) is -2.75. The Bertz CT molecular complexity index is 1260. The first-order valence-electron chi connectivity index (χ1n) is 9.94. The van der Waals surface area contributed by atoms with Gasteiger partial charge in [0.1, 0.15) is 17.2 Å². The van der Waals surface area contributed by atoms with Crippen LogP contribution in [0, 0.1) is 30.3 Å². The van der Waals surface area contributed by atoms with Gasteiger partial charge in [-0.3, -0.25) is 30.3 Å². The molecule has 0 fully saturated rings. The van der Waals surface area contributed by atoms with E-state index in [4.69, 9.17) is 14.2 Å². The molecule has 3 aromatic rings. The molecule has 13 nitrogen and oxygen atoms in total. The van der Waals surface area contributed by atoms with Gasteiger partial charge < -0.3 is 14.2 Å². The largest absolute Gasteiger partial charge is 0.470 e. The Morgan fingerprint density at radius 2 is 0.853 bits per heavy atom. The zero-order chi connectivity index (χ0) is 23.7. The van der Waals surface area contributed by atoms with Crippen molar-refractivity contribution >= 4 is 17.1 Å². The number of nitro benzene ring substituents is 3. The average Bonchev–Trinajstić information content (AvgIpc) is 2.83. The lowest BCUT2D eigenvalue weighted by Gasteiger charge is -2.51. The van der Waals surface area contributed by atoms with Crippen LogP contribution >= 0.6 is 0 Å². The van der Waals surface area contributed by atoms with Gasteiger partial charge in [-0.15, -0.1) is 0 Å². The third kappa shape index (κ3) is 2.77. The molecular formula is C21H12N4O9. The number of nitrogens with zero attached hydrogens (tertiary/aromatic N) is 4. The Morgan fingerprint density at radius 3 is 1.12 bits per heavy atom. The highest BCUT2D eigenvalue weighted by Gasteiger charge is 2.52. The Morgan fingerprint density at radius 1 is 0.559 bits per heavy atom. The van der Waals surface area contributed by atoms with Gasteiger partial charge in [-0.1, -0.05) is 0 Å². The van der Waals surface area contributed by atoms with Crippen molar-refractivity contribution < 1.29 is 29.0 Å². The van der Waals surface area contributed by atoms with Gasteiger partial charge in [-0.2, -0.15) is 4.90 Å². The standard InChI is InChI=1S/C21H12N4O9/c26-23(27)10-1-4-16-13(7-10)19-22-20(32-16)14-8-11(24(28)29)2-5-17(14)34-21(22)15-9-12(25(30)31)3-6-18(15)33-19/h1-9,19-21H/t19-,20-,21-/m1/s1. The summed E-state index contributed by atoms with van der Waals surface area (Å²) in [6, 6.07) is 12.2. The lowest BCUT2D eigenvalue weighted by atomic mass is 9.98. The van der Waals surface area contributed by atoms with Gasteiger partial charge in [0, 0.05) is 36.4 Å². The summed E-state index contributed by atoms with van der Waals surface area (Å²) in [6.45, 7) is 0. The second-order valence-corrected chi connectivity index (χ2v) is 7.80. The Balaban J connectivity index is 1.58. The first kappa shape index (κ1) is 19.9. The van der Waals surface area contributed by atoms with Crippen molar-refractivity contribution in [2.24, 2.45) is 0 Å². The molecule has 6 rings (SSSR count). The highest BCUT2D eigenvalue weighted by Crippen LogP contribution is 2.57. The number of hydrogen-bond donors (Lipinski definition) is 0. The van der Waals surface area contributed by atoms with Crippen molar-refractivity contribution in [2.75, 3.05) is 0 Å². The quantitative estimate of drug-likeness (QED) is 0.404. The molecular weight excluding hydrogens is 452 g/mol. The van der Waals surface area contributed by atoms with Crippen molar-refractivity contribution in [3.63, 3.8) is 0 Å². The molecule has 13 heteroatoms. The zero-order valence-electron chi connectivity index (χ0n) is 16.9. The van der Waals surface area contributed by atoms with Gasteiger partial charge in [-0.05, 0) is 18.2 Å². The van der Waals surface area contributed by atoms with E-state index in [0.29, 0.717) is 33.9 Å². The minimum Gasteiger partial charge on any atom is -0.470 e. The molecule has 0 unspecified atom stereocenters. The fraction of sp³-hybridized carbons (Fsp3) is 0.143.